The van der Waals surface area contributed by atoms with Crippen molar-refractivity contribution in [3.05, 3.63) is 127 Å². The molecule has 0 saturated carbocycles. The van der Waals surface area contributed by atoms with E-state index in [2.05, 4.69) is 127 Å². The van der Waals surface area contributed by atoms with Gasteiger partial charge in [0, 0.05) is 11.8 Å². The minimum absolute atomic E-state index is 0.999. The zero-order valence-electron chi connectivity index (χ0n) is 17.5. The maximum Gasteiger partial charge on any atom is 0.0702 e. The average Bonchev–Trinajstić information content (AvgIpc) is 2.85. The first-order valence-corrected chi connectivity index (χ1v) is 10.6. The molecule has 0 aliphatic carbocycles. The Morgan fingerprint density at radius 1 is 0.419 bits per heavy atom. The fourth-order valence-corrected chi connectivity index (χ4v) is 3.88. The molecule has 0 aliphatic rings. The van der Waals surface area contributed by atoms with Crippen LogP contribution < -0.4 is 0 Å². The fourth-order valence-electron chi connectivity index (χ4n) is 3.88. The van der Waals surface area contributed by atoms with Crippen LogP contribution in [0.25, 0.3) is 44.6 Å². The second kappa shape index (κ2) is 8.41. The third kappa shape index (κ3) is 4.17. The Labute approximate surface area is 183 Å². The molecule has 0 bridgehead atoms. The van der Waals surface area contributed by atoms with Gasteiger partial charge in [-0.3, -0.25) is 4.98 Å². The van der Waals surface area contributed by atoms with Gasteiger partial charge in [-0.1, -0.05) is 91.0 Å². The van der Waals surface area contributed by atoms with Crippen molar-refractivity contribution in [1.82, 2.24) is 4.98 Å². The Balaban J connectivity index is 1.50. The van der Waals surface area contributed by atoms with E-state index in [0.29, 0.717) is 0 Å². The van der Waals surface area contributed by atoms with E-state index < -0.39 is 0 Å². The van der Waals surface area contributed by atoms with Crippen LogP contribution in [-0.4, -0.2) is 4.98 Å². The fraction of sp³-hybridized carbons (Fsp3) is 0.0333. The first-order chi connectivity index (χ1) is 15.3. The van der Waals surface area contributed by atoms with Gasteiger partial charge in [-0.15, -0.1) is 0 Å². The Hall–Kier alpha value is -3.97. The summed E-state index contributed by atoms with van der Waals surface area (Å²) < 4.78 is 0. The zero-order valence-corrected chi connectivity index (χ0v) is 17.5. The highest BCUT2D eigenvalue weighted by Gasteiger charge is 2.06. The largest absolute Gasteiger partial charge is 0.256 e. The second-order valence-electron chi connectivity index (χ2n) is 7.83. The predicted molar refractivity (Wildman–Crippen MR) is 131 cm³/mol. The summed E-state index contributed by atoms with van der Waals surface area (Å²) in [6.45, 7) is 2.06. The molecule has 0 aliphatic heterocycles. The lowest BCUT2D eigenvalue weighted by Gasteiger charge is -2.10. The van der Waals surface area contributed by atoms with E-state index in [0.717, 1.165) is 11.3 Å². The number of hydrogen-bond acceptors (Lipinski definition) is 1. The molecule has 1 heterocycles. The van der Waals surface area contributed by atoms with E-state index in [-0.39, 0.29) is 0 Å². The lowest BCUT2D eigenvalue weighted by molar-refractivity contribution is 1.27. The molecule has 4 aromatic carbocycles. The summed E-state index contributed by atoms with van der Waals surface area (Å²) in [5.41, 5.74) is 10.6. The maximum absolute atomic E-state index is 4.59. The molecule has 1 aromatic heterocycles. The van der Waals surface area contributed by atoms with Crippen LogP contribution in [-0.2, 0) is 0 Å². The maximum atomic E-state index is 4.59. The van der Waals surface area contributed by atoms with E-state index >= 15 is 0 Å². The third-order valence-corrected chi connectivity index (χ3v) is 5.57. The van der Waals surface area contributed by atoms with Crippen molar-refractivity contribution in [1.29, 1.82) is 0 Å². The van der Waals surface area contributed by atoms with Crippen molar-refractivity contribution in [2.75, 3.05) is 0 Å². The van der Waals surface area contributed by atoms with Crippen LogP contribution in [0.15, 0.2) is 121 Å². The van der Waals surface area contributed by atoms with Crippen LogP contribution in [0.3, 0.4) is 0 Å². The molecular weight excluding hydrogens is 374 g/mol. The quantitative estimate of drug-likeness (QED) is 0.299. The standard InChI is InChI=1S/C30H23N/c1-22-16-17-30(31-21-22)29-15-7-14-28(20-29)27-13-6-12-26(19-27)25-11-5-10-24(18-25)23-8-3-2-4-9-23/h2-21H,1H3. The Bertz CT molecular complexity index is 1320. The smallest absolute Gasteiger partial charge is 0.0702 e. The Morgan fingerprint density at radius 3 is 1.39 bits per heavy atom. The minimum Gasteiger partial charge on any atom is -0.256 e. The van der Waals surface area contributed by atoms with E-state index in [4.69, 9.17) is 0 Å². The van der Waals surface area contributed by atoms with Crippen LogP contribution >= 0.6 is 0 Å². The van der Waals surface area contributed by atoms with E-state index in [1.807, 2.05) is 6.20 Å². The number of aryl methyl sites for hydroxylation is 1. The van der Waals surface area contributed by atoms with Gasteiger partial charge in [0.05, 0.1) is 5.69 Å². The van der Waals surface area contributed by atoms with Crippen molar-refractivity contribution < 1.29 is 0 Å². The molecular formula is C30H23N. The van der Waals surface area contributed by atoms with E-state index in [1.165, 1.54) is 38.9 Å². The van der Waals surface area contributed by atoms with Gasteiger partial charge in [-0.25, -0.2) is 0 Å². The lowest BCUT2D eigenvalue weighted by Crippen LogP contribution is -1.86. The van der Waals surface area contributed by atoms with Gasteiger partial charge in [0.25, 0.3) is 0 Å². The van der Waals surface area contributed by atoms with Gasteiger partial charge in [-0.05, 0) is 70.1 Å². The van der Waals surface area contributed by atoms with E-state index in [1.54, 1.807) is 0 Å². The summed E-state index contributed by atoms with van der Waals surface area (Å²) in [5, 5.41) is 0. The molecule has 0 amide bonds. The summed E-state index contributed by atoms with van der Waals surface area (Å²) >= 11 is 0. The van der Waals surface area contributed by atoms with Crippen molar-refractivity contribution >= 4 is 0 Å². The molecule has 31 heavy (non-hydrogen) atoms. The first-order valence-electron chi connectivity index (χ1n) is 10.6. The predicted octanol–water partition coefficient (Wildman–Crippen LogP) is 8.06. The molecule has 1 heteroatoms. The van der Waals surface area contributed by atoms with Crippen LogP contribution in [0, 0.1) is 6.92 Å². The highest BCUT2D eigenvalue weighted by molar-refractivity contribution is 5.78. The van der Waals surface area contributed by atoms with Gasteiger partial charge in [0.15, 0.2) is 0 Å². The highest BCUT2D eigenvalue weighted by Crippen LogP contribution is 2.31. The zero-order chi connectivity index (χ0) is 21.0. The average molecular weight is 398 g/mol. The summed E-state index contributed by atoms with van der Waals surface area (Å²) in [6, 6.07) is 40.8. The SMILES string of the molecule is Cc1ccc(-c2cccc(-c3cccc(-c4cccc(-c5ccccc5)c4)c3)c2)nc1. The topological polar surface area (TPSA) is 12.9 Å². The molecule has 5 rings (SSSR count). The summed E-state index contributed by atoms with van der Waals surface area (Å²) in [6.07, 6.45) is 1.92. The normalized spacial score (nSPS) is 10.7. The lowest BCUT2D eigenvalue weighted by atomic mass is 9.95. The minimum atomic E-state index is 0.999. The molecule has 0 fully saturated rings. The van der Waals surface area contributed by atoms with Crippen LogP contribution in [0.2, 0.25) is 0 Å². The van der Waals surface area contributed by atoms with Crippen LogP contribution in [0.1, 0.15) is 5.56 Å². The molecule has 0 radical (unpaired) electrons. The first kappa shape index (κ1) is 19.0. The van der Waals surface area contributed by atoms with Gasteiger partial charge in [-0.2, -0.15) is 0 Å². The molecule has 0 N–H and O–H groups in total. The number of hydrogen-bond donors (Lipinski definition) is 0. The van der Waals surface area contributed by atoms with Crippen molar-refractivity contribution in [3.63, 3.8) is 0 Å². The van der Waals surface area contributed by atoms with Crippen molar-refractivity contribution in [3.8, 4) is 44.6 Å². The molecule has 1 nitrogen and oxygen atoms in total. The number of aromatic nitrogens is 1. The van der Waals surface area contributed by atoms with Gasteiger partial charge >= 0.3 is 0 Å². The van der Waals surface area contributed by atoms with E-state index in [9.17, 15) is 0 Å². The third-order valence-electron chi connectivity index (χ3n) is 5.57. The Morgan fingerprint density at radius 2 is 0.871 bits per heavy atom. The van der Waals surface area contributed by atoms with Crippen LogP contribution in [0.4, 0.5) is 0 Å². The molecule has 0 spiro atoms. The van der Waals surface area contributed by atoms with Gasteiger partial charge < -0.3 is 0 Å². The number of benzene rings is 4. The molecule has 5 aromatic rings. The van der Waals surface area contributed by atoms with Gasteiger partial charge in [0.2, 0.25) is 0 Å². The number of pyridine rings is 1. The summed E-state index contributed by atoms with van der Waals surface area (Å²) in [7, 11) is 0. The van der Waals surface area contributed by atoms with Crippen LogP contribution in [0.5, 0.6) is 0 Å². The molecule has 0 atom stereocenters. The number of nitrogens with zero attached hydrogens (tertiary/aromatic N) is 1. The van der Waals surface area contributed by atoms with Gasteiger partial charge in [0.1, 0.15) is 0 Å². The molecule has 148 valence electrons. The Kier molecular flexibility index (Phi) is 5.16. The van der Waals surface area contributed by atoms with Crippen molar-refractivity contribution in [2.45, 2.75) is 6.92 Å². The number of rotatable bonds is 4. The second-order valence-corrected chi connectivity index (χ2v) is 7.83. The van der Waals surface area contributed by atoms with Crippen molar-refractivity contribution in [2.24, 2.45) is 0 Å². The highest BCUT2D eigenvalue weighted by atomic mass is 14.7. The molecule has 0 saturated heterocycles. The summed E-state index contributed by atoms with van der Waals surface area (Å²) in [4.78, 5) is 4.59. The molecule has 0 unspecified atom stereocenters. The summed E-state index contributed by atoms with van der Waals surface area (Å²) in [5.74, 6) is 0. The monoisotopic (exact) mass is 397 g/mol.